The Labute approximate surface area is 162 Å². The summed E-state index contributed by atoms with van der Waals surface area (Å²) in [5.74, 6) is 1.74. The lowest BCUT2D eigenvalue weighted by atomic mass is 9.73. The number of nitrogens with zero attached hydrogens (tertiary/aromatic N) is 1. The molecule has 0 aromatic carbocycles. The van der Waals surface area contributed by atoms with Crippen molar-refractivity contribution in [2.75, 3.05) is 12.3 Å². The quantitative estimate of drug-likeness (QED) is 0.605. The van der Waals surface area contributed by atoms with Gasteiger partial charge in [0.2, 0.25) is 5.91 Å². The first-order chi connectivity index (χ1) is 11.8. The van der Waals surface area contributed by atoms with Crippen LogP contribution in [0.3, 0.4) is 0 Å². The monoisotopic (exact) mass is 382 g/mol. The molecule has 1 aliphatic carbocycles. The van der Waals surface area contributed by atoms with Gasteiger partial charge in [-0.3, -0.25) is 9.79 Å². The van der Waals surface area contributed by atoms with Gasteiger partial charge in [0, 0.05) is 18.5 Å². The third-order valence-electron chi connectivity index (χ3n) is 5.61. The average Bonchev–Trinajstić information content (AvgIpc) is 2.98. The second kappa shape index (κ2) is 9.82. The van der Waals surface area contributed by atoms with E-state index in [2.05, 4.69) is 35.5 Å². The van der Waals surface area contributed by atoms with Crippen molar-refractivity contribution >= 4 is 36.3 Å². The number of carbonyl (C=O) groups excluding carboxylic acids is 1. The number of carbonyl (C=O) groups is 1. The Morgan fingerprint density at radius 1 is 1.32 bits per heavy atom. The Kier molecular flexibility index (Phi) is 8.08. The minimum absolute atomic E-state index is 0. The van der Waals surface area contributed by atoms with Crippen molar-refractivity contribution in [1.82, 2.24) is 5.32 Å². The molecule has 25 heavy (non-hydrogen) atoms. The molecule has 140 valence electrons. The molecule has 1 saturated heterocycles. The van der Waals surface area contributed by atoms with Crippen LogP contribution in [0.5, 0.6) is 0 Å². The van der Waals surface area contributed by atoms with Gasteiger partial charge in [-0.05, 0) is 31.3 Å². The SMILES string of the molecule is CCCCCCCCNC(=O)C1CSC23CC=CC=C2N=CCC13.Cl. The molecule has 2 aliphatic heterocycles. The molecular weight excluding hydrogens is 352 g/mol. The van der Waals surface area contributed by atoms with Crippen molar-refractivity contribution in [2.24, 2.45) is 16.8 Å². The van der Waals surface area contributed by atoms with Crippen LogP contribution < -0.4 is 5.32 Å². The molecule has 0 bridgehead atoms. The fraction of sp³-hybridized carbons (Fsp3) is 0.700. The molecule has 0 aromatic heterocycles. The van der Waals surface area contributed by atoms with E-state index in [9.17, 15) is 4.79 Å². The zero-order chi connectivity index (χ0) is 16.8. The van der Waals surface area contributed by atoms with Crippen LogP contribution >= 0.6 is 24.2 Å². The second-order valence-corrected chi connectivity index (χ2v) is 8.55. The summed E-state index contributed by atoms with van der Waals surface area (Å²) in [5, 5.41) is 3.21. The van der Waals surface area contributed by atoms with Crippen molar-refractivity contribution < 1.29 is 4.79 Å². The standard InChI is InChI=1S/C20H30N2OS.ClH/c1-2-3-4-5-6-9-13-22-19(23)16-15-24-20-12-8-7-10-18(20)21-14-11-17(16)20;/h7-8,10,14,16-17H,2-6,9,11-13,15H2,1H3,(H,22,23);1H. The summed E-state index contributed by atoms with van der Waals surface area (Å²) >= 11 is 1.95. The van der Waals surface area contributed by atoms with Gasteiger partial charge < -0.3 is 5.32 Å². The van der Waals surface area contributed by atoms with Crippen molar-refractivity contribution in [1.29, 1.82) is 0 Å². The van der Waals surface area contributed by atoms with Crippen LogP contribution in [0.2, 0.25) is 0 Å². The number of nitrogens with one attached hydrogen (secondary N) is 1. The first kappa shape index (κ1) is 20.6. The lowest BCUT2D eigenvalue weighted by Gasteiger charge is -2.39. The molecule has 3 aliphatic rings. The van der Waals surface area contributed by atoms with Gasteiger partial charge in [-0.2, -0.15) is 0 Å². The zero-order valence-electron chi connectivity index (χ0n) is 15.2. The van der Waals surface area contributed by atoms with Crippen molar-refractivity contribution in [3.63, 3.8) is 0 Å². The van der Waals surface area contributed by atoms with Crippen molar-refractivity contribution in [3.8, 4) is 0 Å². The number of allylic oxidation sites excluding steroid dienone is 3. The summed E-state index contributed by atoms with van der Waals surface area (Å²) in [6.07, 6.45) is 18.0. The highest BCUT2D eigenvalue weighted by Crippen LogP contribution is 2.56. The molecule has 1 fully saturated rings. The van der Waals surface area contributed by atoms with E-state index in [0.29, 0.717) is 5.92 Å². The minimum atomic E-state index is 0. The smallest absolute Gasteiger partial charge is 0.224 e. The average molecular weight is 383 g/mol. The summed E-state index contributed by atoms with van der Waals surface area (Å²) in [6, 6.07) is 0. The molecule has 3 atom stereocenters. The fourth-order valence-electron chi connectivity index (χ4n) is 4.19. The Bertz CT molecular complexity index is 546. The van der Waals surface area contributed by atoms with Crippen molar-refractivity contribution in [2.45, 2.75) is 63.0 Å². The molecule has 1 spiro atoms. The van der Waals surface area contributed by atoms with Crippen LogP contribution in [0.4, 0.5) is 0 Å². The molecular formula is C20H31ClN2OS. The normalized spacial score (nSPS) is 29.4. The topological polar surface area (TPSA) is 41.5 Å². The number of halogens is 1. The summed E-state index contributed by atoms with van der Waals surface area (Å²) < 4.78 is 0.0612. The number of hydrogen-bond acceptors (Lipinski definition) is 3. The molecule has 2 heterocycles. The molecule has 0 radical (unpaired) electrons. The van der Waals surface area contributed by atoms with E-state index in [1.807, 2.05) is 18.0 Å². The maximum absolute atomic E-state index is 12.7. The number of rotatable bonds is 8. The lowest BCUT2D eigenvalue weighted by Crippen LogP contribution is -2.43. The van der Waals surface area contributed by atoms with E-state index in [0.717, 1.165) is 31.6 Å². The maximum Gasteiger partial charge on any atom is 0.224 e. The fourth-order valence-corrected chi connectivity index (χ4v) is 6.00. The molecule has 3 unspecified atom stereocenters. The Hall–Kier alpha value is -0.740. The van der Waals surface area contributed by atoms with E-state index >= 15 is 0 Å². The van der Waals surface area contributed by atoms with E-state index in [1.54, 1.807) is 0 Å². The van der Waals surface area contributed by atoms with Crippen LogP contribution in [-0.4, -0.2) is 29.2 Å². The lowest BCUT2D eigenvalue weighted by molar-refractivity contribution is -0.125. The zero-order valence-corrected chi connectivity index (χ0v) is 16.8. The van der Waals surface area contributed by atoms with Crippen LogP contribution in [0.15, 0.2) is 28.9 Å². The highest BCUT2D eigenvalue weighted by molar-refractivity contribution is 8.01. The highest BCUT2D eigenvalue weighted by atomic mass is 35.5. The molecule has 1 amide bonds. The summed E-state index contributed by atoms with van der Waals surface area (Å²) in [5.41, 5.74) is 1.18. The molecule has 0 saturated carbocycles. The number of thioether (sulfide) groups is 1. The molecule has 3 rings (SSSR count). The molecule has 5 heteroatoms. The Morgan fingerprint density at radius 3 is 2.96 bits per heavy atom. The van der Waals surface area contributed by atoms with Gasteiger partial charge in [-0.15, -0.1) is 24.2 Å². The molecule has 3 nitrogen and oxygen atoms in total. The number of aliphatic imine (C=N–C) groups is 1. The van der Waals surface area contributed by atoms with Gasteiger partial charge in [-0.25, -0.2) is 0 Å². The van der Waals surface area contributed by atoms with Gasteiger partial charge in [0.15, 0.2) is 0 Å². The summed E-state index contributed by atoms with van der Waals surface area (Å²) in [7, 11) is 0. The van der Waals surface area contributed by atoms with Crippen LogP contribution in [-0.2, 0) is 4.79 Å². The second-order valence-electron chi connectivity index (χ2n) is 7.20. The van der Waals surface area contributed by atoms with E-state index in [1.165, 1.54) is 37.8 Å². The first-order valence-electron chi connectivity index (χ1n) is 9.59. The van der Waals surface area contributed by atoms with Crippen molar-refractivity contribution in [3.05, 3.63) is 23.9 Å². The molecule has 1 N–H and O–H groups in total. The van der Waals surface area contributed by atoms with Gasteiger partial charge in [0.25, 0.3) is 0 Å². The largest absolute Gasteiger partial charge is 0.356 e. The van der Waals surface area contributed by atoms with Crippen LogP contribution in [0, 0.1) is 11.8 Å². The van der Waals surface area contributed by atoms with Gasteiger partial charge in [0.1, 0.15) is 0 Å². The van der Waals surface area contributed by atoms with Crippen LogP contribution in [0.1, 0.15) is 58.3 Å². The van der Waals surface area contributed by atoms with E-state index in [-0.39, 0.29) is 29.0 Å². The third kappa shape index (κ3) is 4.51. The Morgan fingerprint density at radius 2 is 2.12 bits per heavy atom. The van der Waals surface area contributed by atoms with Gasteiger partial charge >= 0.3 is 0 Å². The summed E-state index contributed by atoms with van der Waals surface area (Å²) in [6.45, 7) is 3.08. The van der Waals surface area contributed by atoms with E-state index < -0.39 is 0 Å². The van der Waals surface area contributed by atoms with Gasteiger partial charge in [0.05, 0.1) is 16.4 Å². The van der Waals surface area contributed by atoms with Gasteiger partial charge in [-0.1, -0.05) is 51.2 Å². The first-order valence-corrected chi connectivity index (χ1v) is 10.6. The molecule has 0 aromatic rings. The third-order valence-corrected chi connectivity index (χ3v) is 7.33. The number of hydrogen-bond donors (Lipinski definition) is 1. The number of amides is 1. The van der Waals surface area contributed by atoms with E-state index in [4.69, 9.17) is 0 Å². The summed E-state index contributed by atoms with van der Waals surface area (Å²) in [4.78, 5) is 17.3. The predicted molar refractivity (Wildman–Crippen MR) is 111 cm³/mol. The Balaban J connectivity index is 0.00000225. The predicted octanol–water partition coefficient (Wildman–Crippen LogP) is 4.92. The number of unbranched alkanes of at least 4 members (excludes halogenated alkanes) is 5. The maximum atomic E-state index is 12.7. The minimum Gasteiger partial charge on any atom is -0.356 e. The van der Waals surface area contributed by atoms with Crippen LogP contribution in [0.25, 0.3) is 0 Å². The highest BCUT2D eigenvalue weighted by Gasteiger charge is 2.54.